The van der Waals surface area contributed by atoms with E-state index in [4.69, 9.17) is 5.73 Å². The molecule has 2 fully saturated rings. The second-order valence-corrected chi connectivity index (χ2v) is 8.79. The van der Waals surface area contributed by atoms with Gasteiger partial charge in [-0.1, -0.05) is 26.0 Å². The molecule has 0 spiro atoms. The summed E-state index contributed by atoms with van der Waals surface area (Å²) in [5, 5.41) is 20.7. The van der Waals surface area contributed by atoms with E-state index in [0.717, 1.165) is 12.8 Å². The second kappa shape index (κ2) is 4.82. The summed E-state index contributed by atoms with van der Waals surface area (Å²) in [5.74, 6) is 0.987. The van der Waals surface area contributed by atoms with E-state index in [2.05, 4.69) is 19.9 Å². The highest BCUT2D eigenvalue weighted by atomic mass is 19.1. The summed E-state index contributed by atoms with van der Waals surface area (Å²) in [5.41, 5.74) is 5.92. The molecule has 0 heterocycles. The Balaban J connectivity index is 1.76. The molecule has 0 aromatic carbocycles. The fourth-order valence-electron chi connectivity index (χ4n) is 6.26. The number of nitrogens with two attached hydrogens (primary N) is 1. The molecule has 4 aliphatic rings. The molecule has 4 aliphatic carbocycles. The Labute approximate surface area is 137 Å². The van der Waals surface area contributed by atoms with E-state index >= 15 is 0 Å². The molecular weight excluding hydrogens is 293 g/mol. The van der Waals surface area contributed by atoms with Crippen LogP contribution in [0.3, 0.4) is 0 Å². The first kappa shape index (κ1) is 15.6. The summed E-state index contributed by atoms with van der Waals surface area (Å²) in [6.45, 7) is 4.35. The van der Waals surface area contributed by atoms with E-state index in [-0.39, 0.29) is 28.6 Å². The van der Waals surface area contributed by atoms with Crippen molar-refractivity contribution in [1.29, 1.82) is 0 Å². The maximum Gasteiger partial charge on any atom is 0.116 e. The third-order valence-electron chi connectivity index (χ3n) is 7.82. The van der Waals surface area contributed by atoms with Gasteiger partial charge in [0.2, 0.25) is 0 Å². The average molecular weight is 321 g/mol. The minimum absolute atomic E-state index is 0.00157. The number of aliphatic hydroxyl groups is 2. The molecular formula is C19H28FNO2. The molecule has 4 heteroatoms. The van der Waals surface area contributed by atoms with Crippen LogP contribution >= 0.6 is 0 Å². The van der Waals surface area contributed by atoms with Crippen molar-refractivity contribution in [1.82, 2.24) is 0 Å². The number of halogens is 1. The molecule has 3 nitrogen and oxygen atoms in total. The maximum absolute atomic E-state index is 14.4. The fourth-order valence-corrected chi connectivity index (χ4v) is 6.26. The summed E-state index contributed by atoms with van der Waals surface area (Å²) in [4.78, 5) is 0. The Morgan fingerprint density at radius 2 is 2.00 bits per heavy atom. The first-order chi connectivity index (χ1) is 10.8. The van der Waals surface area contributed by atoms with Crippen molar-refractivity contribution in [2.45, 2.75) is 57.8 Å². The van der Waals surface area contributed by atoms with Gasteiger partial charge in [0.05, 0.1) is 11.9 Å². The maximum atomic E-state index is 14.4. The van der Waals surface area contributed by atoms with Gasteiger partial charge in [0.15, 0.2) is 0 Å². The molecule has 9 atom stereocenters. The predicted molar refractivity (Wildman–Crippen MR) is 87.4 cm³/mol. The van der Waals surface area contributed by atoms with Crippen molar-refractivity contribution in [3.05, 3.63) is 24.0 Å². The van der Waals surface area contributed by atoms with E-state index in [1.165, 1.54) is 0 Å². The molecule has 4 N–H and O–H groups in total. The summed E-state index contributed by atoms with van der Waals surface area (Å²) < 4.78 is 14.4. The van der Waals surface area contributed by atoms with Crippen LogP contribution in [0.2, 0.25) is 0 Å². The van der Waals surface area contributed by atoms with Crippen molar-refractivity contribution >= 4 is 0 Å². The van der Waals surface area contributed by atoms with E-state index in [1.807, 2.05) is 12.2 Å². The lowest BCUT2D eigenvalue weighted by atomic mass is 9.48. The number of aliphatic hydroxyl groups excluding tert-OH is 2. The molecule has 0 amide bonds. The summed E-state index contributed by atoms with van der Waals surface area (Å²) in [7, 11) is 0. The van der Waals surface area contributed by atoms with Crippen LogP contribution in [0.5, 0.6) is 0 Å². The number of hydrogen-bond acceptors (Lipinski definition) is 3. The smallest absolute Gasteiger partial charge is 0.116 e. The first-order valence-electron chi connectivity index (χ1n) is 8.95. The molecule has 0 unspecified atom stereocenters. The minimum atomic E-state index is -0.967. The zero-order valence-corrected chi connectivity index (χ0v) is 14.0. The van der Waals surface area contributed by atoms with Crippen LogP contribution in [0.1, 0.15) is 39.5 Å². The standard InChI is InChI=1S/C19H28FNO2/c1-18-5-3-11(22)7-10(18)8-15(23)16-12(18)4-6-19(2)13(16)9-14(20)17(19)21/h3,5,8,10-14,16-17,22-23H,4,6-7,9,21H2,1-2H3/t10-,11-,12-,13-,14-,16+,17+,18-,19-/m0/s1. The Morgan fingerprint density at radius 1 is 1.26 bits per heavy atom. The zero-order valence-electron chi connectivity index (χ0n) is 14.0. The predicted octanol–water partition coefficient (Wildman–Crippen LogP) is 3.10. The topological polar surface area (TPSA) is 66.5 Å². The quantitative estimate of drug-likeness (QED) is 0.601. The van der Waals surface area contributed by atoms with Crippen molar-refractivity contribution in [3.63, 3.8) is 0 Å². The Bertz CT molecular complexity index is 576. The third kappa shape index (κ3) is 1.94. The molecule has 2 saturated carbocycles. The molecule has 0 aromatic heterocycles. The lowest BCUT2D eigenvalue weighted by Gasteiger charge is -2.57. The summed E-state index contributed by atoms with van der Waals surface area (Å²) in [6.07, 6.45) is 7.60. The monoisotopic (exact) mass is 321 g/mol. The van der Waals surface area contributed by atoms with Crippen LogP contribution in [-0.2, 0) is 0 Å². The molecule has 0 aliphatic heterocycles. The van der Waals surface area contributed by atoms with Gasteiger partial charge < -0.3 is 15.9 Å². The van der Waals surface area contributed by atoms with Gasteiger partial charge in [0, 0.05) is 12.0 Å². The molecule has 4 rings (SSSR count). The minimum Gasteiger partial charge on any atom is -0.512 e. The van der Waals surface area contributed by atoms with E-state index in [0.29, 0.717) is 24.5 Å². The van der Waals surface area contributed by atoms with Crippen LogP contribution < -0.4 is 5.73 Å². The number of fused-ring (bicyclic) bond motifs is 5. The number of alkyl halides is 1. The van der Waals surface area contributed by atoms with Gasteiger partial charge in [-0.15, -0.1) is 0 Å². The van der Waals surface area contributed by atoms with Gasteiger partial charge in [-0.25, -0.2) is 4.39 Å². The fraction of sp³-hybridized carbons (Fsp3) is 0.789. The lowest BCUT2D eigenvalue weighted by Crippen LogP contribution is -2.54. The Hall–Kier alpha value is -0.870. The van der Waals surface area contributed by atoms with Crippen LogP contribution in [0, 0.1) is 34.5 Å². The molecule has 0 radical (unpaired) electrons. The van der Waals surface area contributed by atoms with Gasteiger partial charge in [-0.05, 0) is 60.3 Å². The largest absolute Gasteiger partial charge is 0.512 e. The molecule has 23 heavy (non-hydrogen) atoms. The van der Waals surface area contributed by atoms with Crippen LogP contribution in [0.15, 0.2) is 24.0 Å². The molecule has 0 saturated heterocycles. The lowest BCUT2D eigenvalue weighted by molar-refractivity contribution is -0.0469. The molecule has 128 valence electrons. The van der Waals surface area contributed by atoms with Crippen LogP contribution in [-0.4, -0.2) is 28.5 Å². The van der Waals surface area contributed by atoms with Gasteiger partial charge >= 0.3 is 0 Å². The van der Waals surface area contributed by atoms with Crippen molar-refractivity contribution in [2.75, 3.05) is 0 Å². The van der Waals surface area contributed by atoms with Gasteiger partial charge in [-0.3, -0.25) is 0 Å². The highest BCUT2D eigenvalue weighted by Crippen LogP contribution is 2.64. The van der Waals surface area contributed by atoms with Gasteiger partial charge in [-0.2, -0.15) is 0 Å². The number of hydrogen-bond donors (Lipinski definition) is 3. The molecule has 0 aromatic rings. The highest BCUT2D eigenvalue weighted by Gasteiger charge is 2.62. The average Bonchev–Trinajstić information content (AvgIpc) is 2.73. The van der Waals surface area contributed by atoms with Gasteiger partial charge in [0.25, 0.3) is 0 Å². The SMILES string of the molecule is C[C@]12C=C[C@H](O)C[C@H]1C=C(O)[C@@H]1[C@@H]2CC[C@]2(C)[C@H](N)[C@@H](F)C[C@@H]12. The number of rotatable bonds is 0. The van der Waals surface area contributed by atoms with Crippen molar-refractivity contribution in [2.24, 2.45) is 40.2 Å². The first-order valence-corrected chi connectivity index (χ1v) is 8.95. The number of allylic oxidation sites excluding steroid dienone is 3. The van der Waals surface area contributed by atoms with E-state index in [9.17, 15) is 14.6 Å². The van der Waals surface area contributed by atoms with Crippen LogP contribution in [0.4, 0.5) is 4.39 Å². The van der Waals surface area contributed by atoms with E-state index < -0.39 is 18.3 Å². The summed E-state index contributed by atoms with van der Waals surface area (Å²) in [6, 6.07) is -0.421. The van der Waals surface area contributed by atoms with Crippen LogP contribution in [0.25, 0.3) is 0 Å². The zero-order chi connectivity index (χ0) is 16.6. The van der Waals surface area contributed by atoms with Gasteiger partial charge in [0.1, 0.15) is 6.17 Å². The normalized spacial score (nSPS) is 58.1. The second-order valence-electron chi connectivity index (χ2n) is 8.79. The van der Waals surface area contributed by atoms with Crippen molar-refractivity contribution in [3.8, 4) is 0 Å². The third-order valence-corrected chi connectivity index (χ3v) is 7.82. The van der Waals surface area contributed by atoms with E-state index in [1.54, 1.807) is 0 Å². The molecule has 0 bridgehead atoms. The van der Waals surface area contributed by atoms with Crippen molar-refractivity contribution < 1.29 is 14.6 Å². The highest BCUT2D eigenvalue weighted by molar-refractivity contribution is 5.27. The Kier molecular flexibility index (Phi) is 3.28. The Morgan fingerprint density at radius 3 is 2.74 bits per heavy atom. The summed E-state index contributed by atoms with van der Waals surface area (Å²) >= 11 is 0.